The fourth-order valence-electron chi connectivity index (χ4n) is 8.70. The SMILES string of the molecule is CC(=O)OC[C@H]1O[C@@H](Oc2cc3c(c4c(C)csc24)[C@H](CCl)CN3C(=O)CCCC(=O)N2C[C@@H](CCl)c3c2cc(O)c2scc(C)c32)[C@H](OC(C)=O)[C@@H](OC(C)=O)[C@@H]1OC(C)=O. The number of phenols is 1. The number of benzene rings is 2. The summed E-state index contributed by atoms with van der Waals surface area (Å²) in [6.07, 6.45) is -6.69. The maximum absolute atomic E-state index is 14.2. The quantitative estimate of drug-likeness (QED) is 0.0814. The van der Waals surface area contributed by atoms with E-state index in [0.29, 0.717) is 28.5 Å². The zero-order valence-corrected chi connectivity index (χ0v) is 38.0. The summed E-state index contributed by atoms with van der Waals surface area (Å²) in [6, 6.07) is 3.32. The smallest absolute Gasteiger partial charge is 0.303 e. The number of halogens is 2. The van der Waals surface area contributed by atoms with Crippen LogP contribution in [-0.4, -0.2) is 103 Å². The van der Waals surface area contributed by atoms with Gasteiger partial charge in [0, 0.05) is 100 Å². The molecular formula is C43H46Cl2N2O13S2. The number of hydrogen-bond donors (Lipinski definition) is 1. The molecule has 15 nitrogen and oxygen atoms in total. The van der Waals surface area contributed by atoms with Crippen molar-refractivity contribution in [2.45, 2.75) is 103 Å². The number of aromatic hydroxyl groups is 1. The highest BCUT2D eigenvalue weighted by Gasteiger charge is 2.54. The molecule has 7 atom stereocenters. The summed E-state index contributed by atoms with van der Waals surface area (Å²) in [5.41, 5.74) is 4.87. The number of hydrogen-bond acceptors (Lipinski definition) is 15. The number of fused-ring (bicyclic) bond motifs is 6. The lowest BCUT2D eigenvalue weighted by atomic mass is 9.96. The van der Waals surface area contributed by atoms with Crippen LogP contribution < -0.4 is 14.5 Å². The molecule has 2 aromatic carbocycles. The number of carbonyl (C=O) groups excluding carboxylic acids is 6. The Balaban J connectivity index is 1.17. The number of phenolic OH excluding ortho intramolecular Hbond substituents is 1. The van der Waals surface area contributed by atoms with Gasteiger partial charge in [0.25, 0.3) is 0 Å². The second-order valence-electron chi connectivity index (χ2n) is 15.6. The maximum Gasteiger partial charge on any atom is 0.303 e. The summed E-state index contributed by atoms with van der Waals surface area (Å²) in [5, 5.41) is 16.5. The number of anilines is 2. The Morgan fingerprint density at radius 1 is 0.726 bits per heavy atom. The summed E-state index contributed by atoms with van der Waals surface area (Å²) in [5.74, 6) is -2.92. The standard InChI is InChI=1S/C43H46Cl2N2O13S2/c1-19-17-61-41-29(52)10-27-36(34(19)41)25(12-44)14-46(27)32(53)8-7-9-33(54)47-15-26(13-45)37-28(47)11-30(42-35(37)20(2)18-62-42)59-43-40(58-24(6)51)39(57-23(5)50)38(56-22(4)49)31(60-43)16-55-21(3)48/h10-11,17-18,25-26,31,38-40,43,52H,7-9,12-16H2,1-6H3/t25-,26-,31-,38-,39+,40-,43-/m1/s1. The van der Waals surface area contributed by atoms with E-state index in [9.17, 15) is 33.9 Å². The van der Waals surface area contributed by atoms with Crippen molar-refractivity contribution in [1.82, 2.24) is 0 Å². The Bertz CT molecular complexity index is 2450. The predicted molar refractivity (Wildman–Crippen MR) is 233 cm³/mol. The van der Waals surface area contributed by atoms with Crippen LogP contribution >= 0.6 is 45.9 Å². The lowest BCUT2D eigenvalue weighted by Crippen LogP contribution is -2.63. The molecule has 3 aliphatic rings. The summed E-state index contributed by atoms with van der Waals surface area (Å²) in [7, 11) is 0. The molecule has 0 aliphatic carbocycles. The van der Waals surface area contributed by atoms with Crippen LogP contribution in [0.15, 0.2) is 22.9 Å². The number of amides is 2. The zero-order chi connectivity index (χ0) is 44.7. The van der Waals surface area contributed by atoms with E-state index < -0.39 is 61.2 Å². The number of aryl methyl sites for hydroxylation is 2. The molecule has 4 aromatic rings. The van der Waals surface area contributed by atoms with Gasteiger partial charge in [-0.25, -0.2) is 0 Å². The number of esters is 4. The first kappa shape index (κ1) is 45.3. The molecule has 7 rings (SSSR count). The third-order valence-electron chi connectivity index (χ3n) is 11.2. The third-order valence-corrected chi connectivity index (χ3v) is 14.2. The van der Waals surface area contributed by atoms with E-state index in [1.165, 1.54) is 29.6 Å². The van der Waals surface area contributed by atoms with E-state index in [0.717, 1.165) is 58.5 Å². The van der Waals surface area contributed by atoms with Crippen molar-refractivity contribution in [3.8, 4) is 11.5 Å². The number of ether oxygens (including phenoxy) is 6. The average molecular weight is 934 g/mol. The molecule has 332 valence electrons. The largest absolute Gasteiger partial charge is 0.506 e. The summed E-state index contributed by atoms with van der Waals surface area (Å²) < 4.78 is 36.2. The number of alkyl halides is 2. The molecule has 0 saturated carbocycles. The van der Waals surface area contributed by atoms with Crippen molar-refractivity contribution >= 4 is 113 Å². The summed E-state index contributed by atoms with van der Waals surface area (Å²) >= 11 is 15.8. The fourth-order valence-corrected chi connectivity index (χ4v) is 11.2. The van der Waals surface area contributed by atoms with Crippen LogP contribution in [0.3, 0.4) is 0 Å². The van der Waals surface area contributed by atoms with Gasteiger partial charge in [0.2, 0.25) is 24.2 Å². The van der Waals surface area contributed by atoms with Gasteiger partial charge < -0.3 is 43.3 Å². The first-order valence-corrected chi connectivity index (χ1v) is 22.8. The van der Waals surface area contributed by atoms with Crippen molar-refractivity contribution in [3.05, 3.63) is 45.1 Å². The van der Waals surface area contributed by atoms with E-state index in [4.69, 9.17) is 51.6 Å². The molecule has 1 saturated heterocycles. The van der Waals surface area contributed by atoms with Crippen LogP contribution in [0.4, 0.5) is 11.4 Å². The highest BCUT2D eigenvalue weighted by molar-refractivity contribution is 7.18. The highest BCUT2D eigenvalue weighted by Crippen LogP contribution is 2.51. The van der Waals surface area contributed by atoms with Gasteiger partial charge in [-0.05, 0) is 53.3 Å². The minimum Gasteiger partial charge on any atom is -0.506 e. The minimum absolute atomic E-state index is 0.0320. The Labute approximate surface area is 375 Å². The fraction of sp³-hybridized carbons (Fsp3) is 0.488. The molecule has 62 heavy (non-hydrogen) atoms. The number of thiophene rings is 2. The molecule has 1 fully saturated rings. The Morgan fingerprint density at radius 2 is 1.23 bits per heavy atom. The van der Waals surface area contributed by atoms with E-state index in [-0.39, 0.29) is 66.8 Å². The molecule has 0 spiro atoms. The molecule has 0 unspecified atom stereocenters. The maximum atomic E-state index is 14.2. The second kappa shape index (κ2) is 18.6. The highest BCUT2D eigenvalue weighted by atomic mass is 35.5. The van der Waals surface area contributed by atoms with Gasteiger partial charge in [-0.1, -0.05) is 0 Å². The molecule has 3 aliphatic heterocycles. The molecule has 5 heterocycles. The molecule has 0 bridgehead atoms. The zero-order valence-electron chi connectivity index (χ0n) is 34.8. The topological polar surface area (TPSA) is 185 Å². The first-order valence-electron chi connectivity index (χ1n) is 20.0. The second-order valence-corrected chi connectivity index (χ2v) is 18.0. The van der Waals surface area contributed by atoms with E-state index in [1.807, 2.05) is 24.6 Å². The minimum atomic E-state index is -1.50. The van der Waals surface area contributed by atoms with Crippen molar-refractivity contribution in [3.63, 3.8) is 0 Å². The van der Waals surface area contributed by atoms with E-state index in [1.54, 1.807) is 21.9 Å². The molecule has 1 N–H and O–H groups in total. The number of rotatable bonds is 13. The van der Waals surface area contributed by atoms with Crippen LogP contribution in [-0.2, 0) is 52.5 Å². The van der Waals surface area contributed by atoms with Gasteiger partial charge in [-0.15, -0.1) is 45.9 Å². The normalized spacial score (nSPS) is 22.9. The van der Waals surface area contributed by atoms with Crippen LogP contribution in [0.1, 0.15) is 81.0 Å². The number of carbonyl (C=O) groups is 6. The summed E-state index contributed by atoms with van der Waals surface area (Å²) in [6.45, 7) is 8.69. The molecular weight excluding hydrogens is 888 g/mol. The number of nitrogens with zero attached hydrogens (tertiary/aromatic N) is 2. The molecule has 2 aromatic heterocycles. The van der Waals surface area contributed by atoms with Crippen LogP contribution in [0, 0.1) is 13.8 Å². The van der Waals surface area contributed by atoms with Crippen LogP contribution in [0.25, 0.3) is 20.2 Å². The van der Waals surface area contributed by atoms with Crippen molar-refractivity contribution in [2.24, 2.45) is 0 Å². The third kappa shape index (κ3) is 8.78. The van der Waals surface area contributed by atoms with Crippen LogP contribution in [0.5, 0.6) is 11.5 Å². The first-order chi connectivity index (χ1) is 29.5. The van der Waals surface area contributed by atoms with E-state index in [2.05, 4.69) is 0 Å². The monoisotopic (exact) mass is 932 g/mol. The predicted octanol–water partition coefficient (Wildman–Crippen LogP) is 7.11. The lowest BCUT2D eigenvalue weighted by molar-refractivity contribution is -0.288. The molecule has 0 radical (unpaired) electrons. The lowest BCUT2D eigenvalue weighted by Gasteiger charge is -2.44. The van der Waals surface area contributed by atoms with Gasteiger partial charge in [-0.2, -0.15) is 0 Å². The average Bonchev–Trinajstić information content (AvgIpc) is 3.98. The van der Waals surface area contributed by atoms with Gasteiger partial charge >= 0.3 is 23.9 Å². The van der Waals surface area contributed by atoms with Crippen molar-refractivity contribution < 1.29 is 62.3 Å². The van der Waals surface area contributed by atoms with E-state index >= 15 is 0 Å². The van der Waals surface area contributed by atoms with Crippen LogP contribution in [0.2, 0.25) is 0 Å². The van der Waals surface area contributed by atoms with Gasteiger partial charge in [0.15, 0.2) is 12.2 Å². The molecule has 2 amide bonds. The Hall–Kier alpha value is -4.68. The van der Waals surface area contributed by atoms with Gasteiger partial charge in [-0.3, -0.25) is 28.8 Å². The Morgan fingerprint density at radius 3 is 1.76 bits per heavy atom. The van der Waals surface area contributed by atoms with Gasteiger partial charge in [0.1, 0.15) is 24.2 Å². The van der Waals surface area contributed by atoms with Crippen molar-refractivity contribution in [1.29, 1.82) is 0 Å². The Kier molecular flexibility index (Phi) is 13.6. The summed E-state index contributed by atoms with van der Waals surface area (Å²) in [4.78, 5) is 80.4. The van der Waals surface area contributed by atoms with Crippen molar-refractivity contribution in [2.75, 3.05) is 41.3 Å². The van der Waals surface area contributed by atoms with Gasteiger partial charge in [0.05, 0.1) is 20.8 Å². The molecule has 19 heteroatoms.